The molecule has 3 aliphatic heterocycles. The van der Waals surface area contributed by atoms with E-state index in [4.69, 9.17) is 18.9 Å². The van der Waals surface area contributed by atoms with Crippen LogP contribution in [0.4, 0.5) is 0 Å². The van der Waals surface area contributed by atoms with Crippen molar-refractivity contribution in [2.45, 2.75) is 69.1 Å². The first-order valence-electron chi connectivity index (χ1n) is 9.79. The van der Waals surface area contributed by atoms with Crippen molar-refractivity contribution in [3.63, 3.8) is 0 Å². The van der Waals surface area contributed by atoms with Crippen molar-refractivity contribution in [2.75, 3.05) is 39.5 Å². The van der Waals surface area contributed by atoms with E-state index in [0.717, 1.165) is 45.1 Å². The Morgan fingerprint density at radius 3 is 2.44 bits per heavy atom. The van der Waals surface area contributed by atoms with E-state index in [2.05, 4.69) is 10.2 Å². The zero-order chi connectivity index (χ0) is 17.1. The third kappa shape index (κ3) is 4.17. The van der Waals surface area contributed by atoms with E-state index < -0.39 is 0 Å². The molecule has 0 aromatic carbocycles. The highest BCUT2D eigenvalue weighted by atomic mass is 16.7. The van der Waals surface area contributed by atoms with Crippen molar-refractivity contribution in [3.8, 4) is 0 Å². The summed E-state index contributed by atoms with van der Waals surface area (Å²) in [6, 6.07) is 0.435. The fourth-order valence-electron chi connectivity index (χ4n) is 4.57. The zero-order valence-electron chi connectivity index (χ0n) is 14.9. The summed E-state index contributed by atoms with van der Waals surface area (Å²) in [6.45, 7) is 4.08. The summed E-state index contributed by atoms with van der Waals surface area (Å²) in [4.78, 5) is 14.8. The van der Waals surface area contributed by atoms with Crippen molar-refractivity contribution in [1.82, 2.24) is 10.2 Å². The van der Waals surface area contributed by atoms with Crippen LogP contribution in [0.5, 0.6) is 0 Å². The smallest absolute Gasteiger partial charge is 0.234 e. The maximum Gasteiger partial charge on any atom is 0.234 e. The van der Waals surface area contributed by atoms with Crippen LogP contribution >= 0.6 is 0 Å². The van der Waals surface area contributed by atoms with Crippen LogP contribution in [0.25, 0.3) is 0 Å². The Balaban J connectivity index is 1.25. The Morgan fingerprint density at radius 2 is 1.72 bits per heavy atom. The number of carbonyl (C=O) groups is 1. The molecule has 0 aromatic heterocycles. The molecule has 4 fully saturated rings. The van der Waals surface area contributed by atoms with Gasteiger partial charge in [-0.15, -0.1) is 0 Å². The summed E-state index contributed by atoms with van der Waals surface area (Å²) >= 11 is 0. The molecule has 4 rings (SSSR count). The molecule has 25 heavy (non-hydrogen) atoms. The fraction of sp³-hybridized carbons (Fsp3) is 0.944. The number of amides is 1. The van der Waals surface area contributed by atoms with Gasteiger partial charge in [-0.25, -0.2) is 0 Å². The Morgan fingerprint density at radius 1 is 1.00 bits per heavy atom. The Kier molecular flexibility index (Phi) is 5.57. The maximum atomic E-state index is 12.6. The van der Waals surface area contributed by atoms with Crippen LogP contribution in [0.3, 0.4) is 0 Å². The van der Waals surface area contributed by atoms with Crippen LogP contribution in [-0.4, -0.2) is 74.5 Å². The van der Waals surface area contributed by atoms with Crippen LogP contribution in [0.2, 0.25) is 0 Å². The molecule has 0 radical (unpaired) electrons. The highest BCUT2D eigenvalue weighted by Crippen LogP contribution is 2.35. The lowest BCUT2D eigenvalue weighted by atomic mass is 9.90. The molecule has 4 aliphatic rings. The van der Waals surface area contributed by atoms with Gasteiger partial charge in [0.2, 0.25) is 5.91 Å². The van der Waals surface area contributed by atoms with E-state index in [-0.39, 0.29) is 30.1 Å². The van der Waals surface area contributed by atoms with Gasteiger partial charge in [-0.1, -0.05) is 6.42 Å². The van der Waals surface area contributed by atoms with E-state index in [0.29, 0.717) is 33.0 Å². The molecule has 3 heterocycles. The maximum absolute atomic E-state index is 12.6. The highest BCUT2D eigenvalue weighted by Gasteiger charge is 2.41. The van der Waals surface area contributed by atoms with E-state index in [1.165, 1.54) is 6.42 Å². The van der Waals surface area contributed by atoms with E-state index in [1.807, 2.05) is 0 Å². The predicted octanol–water partition coefficient (Wildman–Crippen LogP) is 1.02. The Labute approximate surface area is 149 Å². The standard InChI is InChI=1S/C18H30N2O5/c21-16(19-14-4-6-18(7-5-14)24-11-12-25-18)13-20-8-2-1-3-15(20)17-22-9-10-23-17/h14-15,17H,1-13H2,(H,19,21). The third-order valence-corrected chi connectivity index (χ3v) is 5.90. The number of nitrogens with one attached hydrogen (secondary N) is 1. The summed E-state index contributed by atoms with van der Waals surface area (Å²) < 4.78 is 22.9. The molecule has 1 saturated carbocycles. The van der Waals surface area contributed by atoms with Crippen LogP contribution < -0.4 is 5.32 Å². The molecule has 7 heteroatoms. The topological polar surface area (TPSA) is 69.3 Å². The molecule has 1 spiro atoms. The van der Waals surface area contributed by atoms with Gasteiger partial charge in [0.1, 0.15) is 0 Å². The number of carbonyl (C=O) groups excluding carboxylic acids is 1. The molecular weight excluding hydrogens is 324 g/mol. The van der Waals surface area contributed by atoms with Gasteiger partial charge in [0.05, 0.1) is 39.0 Å². The predicted molar refractivity (Wildman–Crippen MR) is 89.9 cm³/mol. The second-order valence-electron chi connectivity index (χ2n) is 7.59. The summed E-state index contributed by atoms with van der Waals surface area (Å²) in [5.41, 5.74) is 0. The number of piperidine rings is 1. The first-order valence-corrected chi connectivity index (χ1v) is 9.79. The monoisotopic (exact) mass is 354 g/mol. The van der Waals surface area contributed by atoms with Crippen molar-refractivity contribution >= 4 is 5.91 Å². The van der Waals surface area contributed by atoms with Gasteiger partial charge >= 0.3 is 0 Å². The van der Waals surface area contributed by atoms with Gasteiger partial charge < -0.3 is 24.3 Å². The first kappa shape index (κ1) is 17.7. The number of likely N-dealkylation sites (tertiary alicyclic amines) is 1. The van der Waals surface area contributed by atoms with Crippen LogP contribution in [0.1, 0.15) is 44.9 Å². The first-order chi connectivity index (χ1) is 12.2. The van der Waals surface area contributed by atoms with Crippen molar-refractivity contribution < 1.29 is 23.7 Å². The molecule has 1 N–H and O–H groups in total. The molecule has 0 aromatic rings. The molecule has 3 saturated heterocycles. The average Bonchev–Trinajstić information content (AvgIpc) is 3.30. The highest BCUT2D eigenvalue weighted by molar-refractivity contribution is 5.78. The van der Waals surface area contributed by atoms with E-state index in [1.54, 1.807) is 0 Å². The molecule has 1 unspecified atom stereocenters. The number of ether oxygens (including phenoxy) is 4. The molecule has 7 nitrogen and oxygen atoms in total. The van der Waals surface area contributed by atoms with Gasteiger partial charge in [-0.05, 0) is 32.2 Å². The second kappa shape index (κ2) is 7.88. The lowest BCUT2D eigenvalue weighted by Crippen LogP contribution is -2.52. The summed E-state index contributed by atoms with van der Waals surface area (Å²) in [6.07, 6.45) is 6.77. The van der Waals surface area contributed by atoms with Crippen LogP contribution in [0.15, 0.2) is 0 Å². The van der Waals surface area contributed by atoms with Crippen LogP contribution in [0, 0.1) is 0 Å². The van der Waals surface area contributed by atoms with Gasteiger partial charge in [-0.2, -0.15) is 0 Å². The summed E-state index contributed by atoms with van der Waals surface area (Å²) in [7, 11) is 0. The molecule has 1 amide bonds. The van der Waals surface area contributed by atoms with Gasteiger partial charge in [0.15, 0.2) is 12.1 Å². The number of hydrogen-bond acceptors (Lipinski definition) is 6. The van der Waals surface area contributed by atoms with Crippen LogP contribution in [-0.2, 0) is 23.7 Å². The fourth-order valence-corrected chi connectivity index (χ4v) is 4.57. The Hall–Kier alpha value is -0.730. The third-order valence-electron chi connectivity index (χ3n) is 5.90. The van der Waals surface area contributed by atoms with Gasteiger partial charge in [0, 0.05) is 18.9 Å². The lowest BCUT2D eigenvalue weighted by Gasteiger charge is -2.38. The summed E-state index contributed by atoms with van der Waals surface area (Å²) in [5, 5.41) is 3.21. The molecular formula is C18H30N2O5. The van der Waals surface area contributed by atoms with Gasteiger partial charge in [0.25, 0.3) is 0 Å². The quantitative estimate of drug-likeness (QED) is 0.813. The summed E-state index contributed by atoms with van der Waals surface area (Å²) in [5.74, 6) is -0.254. The largest absolute Gasteiger partial charge is 0.352 e. The lowest BCUT2D eigenvalue weighted by molar-refractivity contribution is -0.180. The van der Waals surface area contributed by atoms with Gasteiger partial charge in [-0.3, -0.25) is 9.69 Å². The molecule has 142 valence electrons. The van der Waals surface area contributed by atoms with Crippen molar-refractivity contribution in [2.24, 2.45) is 0 Å². The molecule has 1 aliphatic carbocycles. The van der Waals surface area contributed by atoms with Crippen molar-refractivity contribution in [3.05, 3.63) is 0 Å². The number of nitrogens with zero attached hydrogens (tertiary/aromatic N) is 1. The normalized spacial score (nSPS) is 31.6. The number of rotatable bonds is 4. The molecule has 0 bridgehead atoms. The SMILES string of the molecule is O=C(CN1CCCCC1C1OCCO1)NC1CCC2(CC1)OCCO2. The zero-order valence-corrected chi connectivity index (χ0v) is 14.9. The van der Waals surface area contributed by atoms with Crippen molar-refractivity contribution in [1.29, 1.82) is 0 Å². The van der Waals surface area contributed by atoms with E-state index in [9.17, 15) is 4.79 Å². The minimum Gasteiger partial charge on any atom is -0.352 e. The number of hydrogen-bond donors (Lipinski definition) is 1. The minimum absolute atomic E-state index is 0.110. The second-order valence-corrected chi connectivity index (χ2v) is 7.59. The minimum atomic E-state index is -0.365. The average molecular weight is 354 g/mol. The Bertz CT molecular complexity index is 452. The molecule has 1 atom stereocenters. The van der Waals surface area contributed by atoms with E-state index >= 15 is 0 Å².